The average molecular weight is 465 g/mol. The number of rotatable bonds is 11. The van der Waals surface area contributed by atoms with Gasteiger partial charge >= 0.3 is 0 Å². The van der Waals surface area contributed by atoms with E-state index < -0.39 is 27.7 Å². The summed E-state index contributed by atoms with van der Waals surface area (Å²) in [5.74, 6) is 0.451. The van der Waals surface area contributed by atoms with Crippen molar-refractivity contribution in [2.24, 2.45) is 0 Å². The largest absolute Gasteiger partial charge is 0.493 e. The van der Waals surface area contributed by atoms with Gasteiger partial charge in [-0.05, 0) is 76.6 Å². The molecule has 0 fully saturated rings. The van der Waals surface area contributed by atoms with Crippen LogP contribution in [0.15, 0.2) is 42.5 Å². The lowest BCUT2D eigenvalue weighted by atomic mass is 10.1. The van der Waals surface area contributed by atoms with E-state index in [-0.39, 0.29) is 12.2 Å². The van der Waals surface area contributed by atoms with Crippen LogP contribution in [0.5, 0.6) is 17.2 Å². The van der Waals surface area contributed by atoms with Gasteiger partial charge < -0.3 is 19.5 Å². The second kappa shape index (κ2) is 11.1. The summed E-state index contributed by atoms with van der Waals surface area (Å²) in [5.41, 5.74) is 1.12. The fourth-order valence-corrected chi connectivity index (χ4v) is 3.93. The Balaban J connectivity index is 1.98. The lowest BCUT2D eigenvalue weighted by Gasteiger charge is -2.18. The summed E-state index contributed by atoms with van der Waals surface area (Å²) in [6, 6.07) is 11.4. The van der Waals surface area contributed by atoms with Crippen LogP contribution in [0.1, 0.15) is 46.2 Å². The number of ether oxygens (including phenoxy) is 3. The Morgan fingerprint density at radius 3 is 2.09 bits per heavy atom. The topological polar surface area (TPSA) is 103 Å². The van der Waals surface area contributed by atoms with Crippen molar-refractivity contribution in [3.8, 4) is 17.2 Å². The quantitative estimate of drug-likeness (QED) is 0.523. The summed E-state index contributed by atoms with van der Waals surface area (Å²) >= 11 is 0. The van der Waals surface area contributed by atoms with Crippen LogP contribution in [-0.4, -0.2) is 39.4 Å². The molecule has 2 N–H and O–H groups in total. The number of anilines is 1. The first kappa shape index (κ1) is 25.3. The summed E-state index contributed by atoms with van der Waals surface area (Å²) in [6.45, 7) is 9.40. The number of amides is 1. The van der Waals surface area contributed by atoms with Gasteiger partial charge in [-0.1, -0.05) is 6.07 Å². The monoisotopic (exact) mass is 464 g/mol. The lowest BCUT2D eigenvalue weighted by Crippen LogP contribution is -2.34. The van der Waals surface area contributed by atoms with E-state index in [4.69, 9.17) is 14.2 Å². The molecular weight excluding hydrogens is 432 g/mol. The number of hydrogen-bond donors (Lipinski definition) is 2. The van der Waals surface area contributed by atoms with Gasteiger partial charge in [0.05, 0.1) is 25.4 Å². The fraction of sp³-hybridized carbons (Fsp3) is 0.435. The first-order chi connectivity index (χ1) is 15.0. The van der Waals surface area contributed by atoms with Crippen molar-refractivity contribution in [3.63, 3.8) is 0 Å². The highest BCUT2D eigenvalue weighted by Crippen LogP contribution is 2.31. The van der Waals surface area contributed by atoms with Crippen LogP contribution in [-0.2, 0) is 14.8 Å². The van der Waals surface area contributed by atoms with Crippen molar-refractivity contribution in [2.75, 3.05) is 17.6 Å². The predicted octanol–water partition coefficient (Wildman–Crippen LogP) is 3.89. The fourth-order valence-electron chi connectivity index (χ4n) is 2.93. The molecule has 0 aliphatic carbocycles. The van der Waals surface area contributed by atoms with Crippen molar-refractivity contribution in [2.45, 2.75) is 52.9 Å². The Bertz CT molecular complexity index is 1000. The molecular formula is C23H32N2O6S. The standard InChI is InChI=1S/C23H32N2O6S/c1-15(2)30-20-10-8-19(9-11-20)25-32(27,28)14-23(26)24-17(5)18-7-12-21(31-16(3)4)22(13-18)29-6/h7-13,15-17,25H,14H2,1-6H3,(H,24,26). The molecule has 2 rings (SSSR count). The number of methoxy groups -OCH3 is 1. The summed E-state index contributed by atoms with van der Waals surface area (Å²) in [6.07, 6.45) is 0.00523. The van der Waals surface area contributed by atoms with Gasteiger partial charge in [-0.2, -0.15) is 0 Å². The van der Waals surface area contributed by atoms with E-state index in [0.29, 0.717) is 22.9 Å². The lowest BCUT2D eigenvalue weighted by molar-refractivity contribution is -0.119. The highest BCUT2D eigenvalue weighted by atomic mass is 32.2. The molecule has 0 heterocycles. The zero-order chi connectivity index (χ0) is 23.9. The summed E-state index contributed by atoms with van der Waals surface area (Å²) in [7, 11) is -2.34. The van der Waals surface area contributed by atoms with Crippen molar-refractivity contribution in [1.82, 2.24) is 5.32 Å². The third kappa shape index (κ3) is 7.96. The van der Waals surface area contributed by atoms with E-state index in [1.54, 1.807) is 49.4 Å². The number of nitrogens with one attached hydrogen (secondary N) is 2. The smallest absolute Gasteiger partial charge is 0.241 e. The minimum absolute atomic E-state index is 0.0106. The van der Waals surface area contributed by atoms with Crippen molar-refractivity contribution >= 4 is 21.6 Å². The Kier molecular flexibility index (Phi) is 8.77. The van der Waals surface area contributed by atoms with Crippen LogP contribution >= 0.6 is 0 Å². The van der Waals surface area contributed by atoms with Crippen LogP contribution in [0.4, 0.5) is 5.69 Å². The third-order valence-electron chi connectivity index (χ3n) is 4.25. The van der Waals surface area contributed by atoms with E-state index in [2.05, 4.69) is 10.0 Å². The summed E-state index contributed by atoms with van der Waals surface area (Å²) < 4.78 is 43.8. The number of hydrogen-bond acceptors (Lipinski definition) is 6. The number of carbonyl (C=O) groups excluding carboxylic acids is 1. The van der Waals surface area contributed by atoms with E-state index in [1.807, 2.05) is 27.7 Å². The van der Waals surface area contributed by atoms with Crippen LogP contribution in [0.2, 0.25) is 0 Å². The molecule has 0 aliphatic heterocycles. The van der Waals surface area contributed by atoms with E-state index >= 15 is 0 Å². The maximum absolute atomic E-state index is 12.4. The van der Waals surface area contributed by atoms with Crippen molar-refractivity contribution in [3.05, 3.63) is 48.0 Å². The van der Waals surface area contributed by atoms with Gasteiger partial charge in [0, 0.05) is 5.69 Å². The van der Waals surface area contributed by atoms with Gasteiger partial charge in [-0.3, -0.25) is 9.52 Å². The molecule has 0 aliphatic rings. The van der Waals surface area contributed by atoms with Crippen LogP contribution < -0.4 is 24.2 Å². The molecule has 0 spiro atoms. The minimum Gasteiger partial charge on any atom is -0.493 e. The van der Waals surface area contributed by atoms with Gasteiger partial charge in [-0.15, -0.1) is 0 Å². The number of carbonyl (C=O) groups is 1. The first-order valence-electron chi connectivity index (χ1n) is 10.4. The molecule has 0 saturated heterocycles. The maximum Gasteiger partial charge on any atom is 0.241 e. The number of benzene rings is 2. The van der Waals surface area contributed by atoms with Crippen LogP contribution in [0, 0.1) is 0 Å². The van der Waals surface area contributed by atoms with Crippen LogP contribution in [0.25, 0.3) is 0 Å². The normalized spacial score (nSPS) is 12.4. The van der Waals surface area contributed by atoms with Crippen molar-refractivity contribution in [1.29, 1.82) is 0 Å². The van der Waals surface area contributed by atoms with E-state index in [1.165, 1.54) is 7.11 Å². The second-order valence-electron chi connectivity index (χ2n) is 7.92. The maximum atomic E-state index is 12.4. The number of sulfonamides is 1. The Morgan fingerprint density at radius 2 is 1.53 bits per heavy atom. The second-order valence-corrected chi connectivity index (χ2v) is 9.64. The Hall–Kier alpha value is -2.94. The molecule has 0 bridgehead atoms. The highest BCUT2D eigenvalue weighted by Gasteiger charge is 2.20. The van der Waals surface area contributed by atoms with Gasteiger partial charge in [-0.25, -0.2) is 8.42 Å². The average Bonchev–Trinajstić information content (AvgIpc) is 2.68. The van der Waals surface area contributed by atoms with Gasteiger partial charge in [0.25, 0.3) is 0 Å². The molecule has 9 heteroatoms. The minimum atomic E-state index is -3.88. The van der Waals surface area contributed by atoms with E-state index in [0.717, 1.165) is 5.56 Å². The zero-order valence-electron chi connectivity index (χ0n) is 19.3. The summed E-state index contributed by atoms with van der Waals surface area (Å²) in [5, 5.41) is 2.71. The Labute approximate surface area is 190 Å². The zero-order valence-corrected chi connectivity index (χ0v) is 20.2. The molecule has 1 unspecified atom stereocenters. The molecule has 176 valence electrons. The highest BCUT2D eigenvalue weighted by molar-refractivity contribution is 7.93. The van der Waals surface area contributed by atoms with Gasteiger partial charge in [0.1, 0.15) is 11.5 Å². The molecule has 1 atom stereocenters. The van der Waals surface area contributed by atoms with Gasteiger partial charge in [0.2, 0.25) is 15.9 Å². The molecule has 2 aromatic carbocycles. The molecule has 0 aromatic heterocycles. The summed E-state index contributed by atoms with van der Waals surface area (Å²) in [4.78, 5) is 12.4. The molecule has 0 saturated carbocycles. The molecule has 32 heavy (non-hydrogen) atoms. The van der Waals surface area contributed by atoms with Crippen LogP contribution in [0.3, 0.4) is 0 Å². The molecule has 8 nitrogen and oxygen atoms in total. The SMILES string of the molecule is COc1cc(C(C)NC(=O)CS(=O)(=O)Nc2ccc(OC(C)C)cc2)ccc1OC(C)C. The van der Waals surface area contributed by atoms with E-state index in [9.17, 15) is 13.2 Å². The van der Waals surface area contributed by atoms with Crippen molar-refractivity contribution < 1.29 is 27.4 Å². The predicted molar refractivity (Wildman–Crippen MR) is 125 cm³/mol. The molecule has 0 radical (unpaired) electrons. The molecule has 2 aromatic rings. The molecule has 1 amide bonds. The Morgan fingerprint density at radius 1 is 0.906 bits per heavy atom. The third-order valence-corrected chi connectivity index (χ3v) is 5.44. The van der Waals surface area contributed by atoms with Gasteiger partial charge in [0.15, 0.2) is 11.5 Å². The first-order valence-corrected chi connectivity index (χ1v) is 12.1.